The molecule has 0 saturated heterocycles. The van der Waals surface area contributed by atoms with Crippen LogP contribution < -0.4 is 5.73 Å². The normalized spacial score (nSPS) is 14.4. The topological polar surface area (TPSA) is 97.3 Å². The average molecular weight is 337 g/mol. The van der Waals surface area contributed by atoms with Crippen LogP contribution in [-0.2, 0) is 20.8 Å². The van der Waals surface area contributed by atoms with Gasteiger partial charge in [0.15, 0.2) is 17.8 Å². The molecule has 0 saturated carbocycles. The summed E-state index contributed by atoms with van der Waals surface area (Å²) < 4.78 is 19.1. The van der Waals surface area contributed by atoms with Crippen LogP contribution in [0.4, 0.5) is 5.82 Å². The zero-order valence-electron chi connectivity index (χ0n) is 14.8. The first-order valence-electron chi connectivity index (χ1n) is 8.31. The molecule has 0 bridgehead atoms. The molecule has 0 fully saturated rings. The first-order valence-corrected chi connectivity index (χ1v) is 8.31. The van der Waals surface area contributed by atoms with Gasteiger partial charge in [-0.1, -0.05) is 0 Å². The number of fused-ring (bicyclic) bond motifs is 1. The van der Waals surface area contributed by atoms with E-state index >= 15 is 0 Å². The summed E-state index contributed by atoms with van der Waals surface area (Å²) in [7, 11) is 0. The summed E-state index contributed by atoms with van der Waals surface area (Å²) in [6.45, 7) is 9.67. The van der Waals surface area contributed by atoms with Crippen LogP contribution in [0.2, 0.25) is 0 Å². The molecule has 8 heteroatoms. The summed E-state index contributed by atoms with van der Waals surface area (Å²) in [5.74, 6) is 0.389. The number of nitrogens with two attached hydrogens (primary N) is 1. The second-order valence-electron chi connectivity index (χ2n) is 5.82. The number of anilines is 1. The lowest BCUT2D eigenvalue weighted by Crippen LogP contribution is -2.29. The van der Waals surface area contributed by atoms with Crippen molar-refractivity contribution in [1.82, 2.24) is 19.5 Å². The molecule has 2 heterocycles. The Morgan fingerprint density at radius 3 is 2.67 bits per heavy atom. The molecule has 0 radical (unpaired) electrons. The fraction of sp³-hybridized carbons (Fsp3) is 0.688. The molecule has 0 aliphatic heterocycles. The van der Waals surface area contributed by atoms with E-state index < -0.39 is 0 Å². The molecule has 8 nitrogen and oxygen atoms in total. The van der Waals surface area contributed by atoms with Crippen molar-refractivity contribution in [3.05, 3.63) is 12.7 Å². The molecule has 2 unspecified atom stereocenters. The van der Waals surface area contributed by atoms with Gasteiger partial charge in [-0.25, -0.2) is 15.0 Å². The number of imidazole rings is 1. The summed E-state index contributed by atoms with van der Waals surface area (Å²) in [5, 5.41) is 0. The molecule has 0 aromatic carbocycles. The molecule has 2 aromatic heterocycles. The minimum absolute atomic E-state index is 0.0782. The summed E-state index contributed by atoms with van der Waals surface area (Å²) in [4.78, 5) is 12.5. The average Bonchev–Trinajstić information content (AvgIpc) is 2.95. The standard InChI is InChI=1S/C16H27N5O3/c1-5-22-12(4)24-13(8-23-11(2)3)6-7-21-10-20-14-15(17)18-9-19-16(14)21/h9-13H,5-8H2,1-4H3,(H2,17,18,19). The van der Waals surface area contributed by atoms with Crippen LogP contribution in [0.1, 0.15) is 34.1 Å². The van der Waals surface area contributed by atoms with Crippen LogP contribution in [0.15, 0.2) is 12.7 Å². The van der Waals surface area contributed by atoms with Gasteiger partial charge in [0.25, 0.3) is 0 Å². The second kappa shape index (κ2) is 8.91. The van der Waals surface area contributed by atoms with E-state index in [9.17, 15) is 0 Å². The molecule has 24 heavy (non-hydrogen) atoms. The maximum Gasteiger partial charge on any atom is 0.165 e. The lowest BCUT2D eigenvalue weighted by Gasteiger charge is -2.23. The van der Waals surface area contributed by atoms with E-state index in [0.717, 1.165) is 12.1 Å². The Morgan fingerprint density at radius 2 is 1.96 bits per heavy atom. The monoisotopic (exact) mass is 337 g/mol. The van der Waals surface area contributed by atoms with Crippen LogP contribution >= 0.6 is 0 Å². The van der Waals surface area contributed by atoms with Crippen molar-refractivity contribution in [2.24, 2.45) is 0 Å². The third-order valence-electron chi connectivity index (χ3n) is 3.52. The lowest BCUT2D eigenvalue weighted by atomic mass is 10.2. The van der Waals surface area contributed by atoms with Crippen molar-refractivity contribution >= 4 is 17.0 Å². The van der Waals surface area contributed by atoms with Crippen molar-refractivity contribution in [1.29, 1.82) is 0 Å². The minimum Gasteiger partial charge on any atom is -0.382 e. The molecule has 2 rings (SSSR count). The fourth-order valence-corrected chi connectivity index (χ4v) is 2.38. The number of nitrogens with zero attached hydrogens (tertiary/aromatic N) is 4. The molecule has 0 spiro atoms. The number of hydrogen-bond donors (Lipinski definition) is 1. The molecular formula is C16H27N5O3. The van der Waals surface area contributed by atoms with Crippen LogP contribution in [0, 0.1) is 0 Å². The van der Waals surface area contributed by atoms with Gasteiger partial charge in [0, 0.05) is 13.2 Å². The number of hydrogen-bond acceptors (Lipinski definition) is 7. The van der Waals surface area contributed by atoms with Gasteiger partial charge < -0.3 is 24.5 Å². The first kappa shape index (κ1) is 18.6. The predicted octanol–water partition coefficient (Wildman–Crippen LogP) is 1.99. The summed E-state index contributed by atoms with van der Waals surface area (Å²) >= 11 is 0. The molecule has 2 N–H and O–H groups in total. The fourth-order valence-electron chi connectivity index (χ4n) is 2.38. The molecule has 134 valence electrons. The van der Waals surface area contributed by atoms with Crippen LogP contribution in [0.3, 0.4) is 0 Å². The SMILES string of the molecule is CCOC(C)OC(CCn1cnc2c(N)ncnc21)COC(C)C. The van der Waals surface area contributed by atoms with Gasteiger partial charge in [0.05, 0.1) is 25.1 Å². The molecule has 2 aromatic rings. The predicted molar refractivity (Wildman–Crippen MR) is 91.4 cm³/mol. The number of ether oxygens (including phenoxy) is 3. The molecule has 2 atom stereocenters. The zero-order valence-corrected chi connectivity index (χ0v) is 14.8. The van der Waals surface area contributed by atoms with E-state index in [0.29, 0.717) is 31.1 Å². The van der Waals surface area contributed by atoms with E-state index in [1.165, 1.54) is 6.33 Å². The van der Waals surface area contributed by atoms with Gasteiger partial charge in [-0.3, -0.25) is 0 Å². The van der Waals surface area contributed by atoms with Crippen molar-refractivity contribution < 1.29 is 14.2 Å². The molecular weight excluding hydrogens is 310 g/mol. The van der Waals surface area contributed by atoms with Gasteiger partial charge in [-0.05, 0) is 34.1 Å². The van der Waals surface area contributed by atoms with Crippen LogP contribution in [0.5, 0.6) is 0 Å². The highest BCUT2D eigenvalue weighted by atomic mass is 16.7. The molecule has 0 amide bonds. The first-order chi connectivity index (χ1) is 11.5. The smallest absolute Gasteiger partial charge is 0.165 e. The molecule has 0 aliphatic rings. The Kier molecular flexibility index (Phi) is 6.89. The number of nitrogen functional groups attached to an aromatic ring is 1. The quantitative estimate of drug-likeness (QED) is 0.662. The molecule has 0 aliphatic carbocycles. The van der Waals surface area contributed by atoms with Crippen LogP contribution in [0.25, 0.3) is 11.2 Å². The van der Waals surface area contributed by atoms with Gasteiger partial charge in [0.2, 0.25) is 0 Å². The summed E-state index contributed by atoms with van der Waals surface area (Å²) in [6, 6.07) is 0. The Labute approximate surface area is 142 Å². The third-order valence-corrected chi connectivity index (χ3v) is 3.52. The van der Waals surface area contributed by atoms with Gasteiger partial charge in [0.1, 0.15) is 11.8 Å². The van der Waals surface area contributed by atoms with Gasteiger partial charge in [-0.15, -0.1) is 0 Å². The van der Waals surface area contributed by atoms with Crippen molar-refractivity contribution in [2.75, 3.05) is 18.9 Å². The Morgan fingerprint density at radius 1 is 1.17 bits per heavy atom. The Hall–Kier alpha value is -1.77. The second-order valence-corrected chi connectivity index (χ2v) is 5.82. The highest BCUT2D eigenvalue weighted by Gasteiger charge is 2.16. The Balaban J connectivity index is 2.00. The highest BCUT2D eigenvalue weighted by molar-refractivity contribution is 5.80. The third kappa shape index (κ3) is 5.12. The summed E-state index contributed by atoms with van der Waals surface area (Å²) in [6.07, 6.45) is 3.73. The summed E-state index contributed by atoms with van der Waals surface area (Å²) in [5.41, 5.74) is 7.16. The number of aromatic nitrogens is 4. The largest absolute Gasteiger partial charge is 0.382 e. The van der Waals surface area contributed by atoms with Gasteiger partial charge in [-0.2, -0.15) is 0 Å². The van der Waals surface area contributed by atoms with E-state index in [4.69, 9.17) is 19.9 Å². The van der Waals surface area contributed by atoms with Crippen molar-refractivity contribution in [3.63, 3.8) is 0 Å². The Bertz CT molecular complexity index is 631. The number of rotatable bonds is 10. The van der Waals surface area contributed by atoms with E-state index in [-0.39, 0.29) is 18.5 Å². The zero-order chi connectivity index (χ0) is 17.5. The van der Waals surface area contributed by atoms with E-state index in [1.807, 2.05) is 32.3 Å². The maximum atomic E-state index is 5.94. The number of aryl methyl sites for hydroxylation is 1. The lowest BCUT2D eigenvalue weighted by molar-refractivity contribution is -0.175. The highest BCUT2D eigenvalue weighted by Crippen LogP contribution is 2.16. The van der Waals surface area contributed by atoms with E-state index in [1.54, 1.807) is 6.33 Å². The minimum atomic E-state index is -0.270. The van der Waals surface area contributed by atoms with Crippen molar-refractivity contribution in [2.45, 2.75) is 59.2 Å². The van der Waals surface area contributed by atoms with Crippen LogP contribution in [-0.4, -0.2) is 51.2 Å². The van der Waals surface area contributed by atoms with E-state index in [2.05, 4.69) is 15.0 Å². The maximum absolute atomic E-state index is 5.94. The van der Waals surface area contributed by atoms with Crippen molar-refractivity contribution in [3.8, 4) is 0 Å². The van der Waals surface area contributed by atoms with Gasteiger partial charge >= 0.3 is 0 Å².